The van der Waals surface area contributed by atoms with E-state index in [1.807, 2.05) is 20.8 Å². The van der Waals surface area contributed by atoms with Gasteiger partial charge >= 0.3 is 6.09 Å². The van der Waals surface area contributed by atoms with E-state index in [0.29, 0.717) is 42.3 Å². The van der Waals surface area contributed by atoms with Crippen LogP contribution in [0, 0.1) is 16.7 Å². The normalized spacial score (nSPS) is 21.1. The zero-order valence-electron chi connectivity index (χ0n) is 21.7. The number of halogens is 2. The fourth-order valence-corrected chi connectivity index (χ4v) is 5.49. The van der Waals surface area contributed by atoms with Crippen molar-refractivity contribution < 1.29 is 18.3 Å². The largest absolute Gasteiger partial charge is 0.444 e. The van der Waals surface area contributed by atoms with Crippen LogP contribution in [0.2, 0.25) is 0 Å². The van der Waals surface area contributed by atoms with Gasteiger partial charge in [-0.3, -0.25) is 4.68 Å². The van der Waals surface area contributed by atoms with Gasteiger partial charge in [0.15, 0.2) is 0 Å². The Balaban J connectivity index is 1.29. The lowest BCUT2D eigenvalue weighted by Crippen LogP contribution is -2.43. The van der Waals surface area contributed by atoms with Gasteiger partial charge < -0.3 is 15.4 Å². The van der Waals surface area contributed by atoms with Crippen LogP contribution in [0.3, 0.4) is 0 Å². The summed E-state index contributed by atoms with van der Waals surface area (Å²) in [6.45, 7) is 7.17. The van der Waals surface area contributed by atoms with Crippen molar-refractivity contribution in [1.82, 2.24) is 24.5 Å². The molecular formula is C27H31F2N7O2. The van der Waals surface area contributed by atoms with Crippen molar-refractivity contribution in [3.63, 3.8) is 0 Å². The summed E-state index contributed by atoms with van der Waals surface area (Å²) in [5, 5.41) is 18.9. The number of nitrogens with two attached hydrogens (primary N) is 1. The molecule has 1 saturated carbocycles. The summed E-state index contributed by atoms with van der Waals surface area (Å²) in [6.07, 6.45) is 3.01. The molecule has 3 aromatic rings. The monoisotopic (exact) mass is 523 g/mol. The lowest BCUT2D eigenvalue weighted by atomic mass is 9.65. The zero-order chi connectivity index (χ0) is 27.2. The summed E-state index contributed by atoms with van der Waals surface area (Å²) in [4.78, 5) is 14.3. The van der Waals surface area contributed by atoms with E-state index in [-0.39, 0.29) is 28.7 Å². The van der Waals surface area contributed by atoms with Gasteiger partial charge in [0.1, 0.15) is 28.7 Å². The Morgan fingerprint density at radius 3 is 2.79 bits per heavy atom. The molecule has 5 rings (SSSR count). The van der Waals surface area contributed by atoms with E-state index in [2.05, 4.69) is 11.2 Å². The maximum absolute atomic E-state index is 13.0. The highest BCUT2D eigenvalue weighted by Gasteiger charge is 2.51. The van der Waals surface area contributed by atoms with E-state index in [1.54, 1.807) is 38.8 Å². The Labute approximate surface area is 219 Å². The van der Waals surface area contributed by atoms with Gasteiger partial charge in [0, 0.05) is 30.4 Å². The number of aromatic nitrogens is 4. The Morgan fingerprint density at radius 1 is 1.34 bits per heavy atom. The number of nitrogens with zero attached hydrogens (tertiary/aromatic N) is 6. The minimum Gasteiger partial charge on any atom is -0.444 e. The van der Waals surface area contributed by atoms with Crippen LogP contribution in [0.25, 0.3) is 11.3 Å². The topological polar surface area (TPSA) is 115 Å². The predicted octanol–water partition coefficient (Wildman–Crippen LogP) is 5.15. The van der Waals surface area contributed by atoms with E-state index >= 15 is 0 Å². The van der Waals surface area contributed by atoms with Crippen molar-refractivity contribution in [3.8, 4) is 17.3 Å². The highest BCUT2D eigenvalue weighted by molar-refractivity contribution is 5.72. The molecule has 9 nitrogen and oxygen atoms in total. The first-order chi connectivity index (χ1) is 18.0. The number of amides is 1. The molecule has 0 bridgehead atoms. The van der Waals surface area contributed by atoms with Gasteiger partial charge in [-0.2, -0.15) is 15.5 Å². The van der Waals surface area contributed by atoms with Gasteiger partial charge in [0.2, 0.25) is 0 Å². The van der Waals surface area contributed by atoms with Crippen LogP contribution in [-0.2, 0) is 11.3 Å². The highest BCUT2D eigenvalue weighted by atomic mass is 19.3. The SMILES string of the molecule is CC(C)(C)OC(=O)N1CCC2(CC(n3nc(-c4cnn(Cc5cccc(C(F)F)c5)c4)c(C#N)c3N)C2)C1. The number of benzene rings is 1. The first-order valence-electron chi connectivity index (χ1n) is 12.6. The number of nitrogen functional groups attached to an aromatic ring is 1. The number of rotatable bonds is 5. The molecule has 0 unspecified atom stereocenters. The summed E-state index contributed by atoms with van der Waals surface area (Å²) in [5.74, 6) is 0.307. The molecule has 38 heavy (non-hydrogen) atoms. The number of hydrogen-bond donors (Lipinski definition) is 1. The molecule has 0 radical (unpaired) electrons. The standard InChI is InChI=1S/C27H31F2N7O2/c1-26(2,3)38-25(37)34-8-7-27(16-34)10-20(11-27)36-24(31)21(12-30)22(33-36)19-13-32-35(15-19)14-17-5-4-6-18(9-17)23(28)29/h4-6,9,13,15,20,23H,7-8,10-11,14,16,31H2,1-3H3. The van der Waals surface area contributed by atoms with E-state index in [4.69, 9.17) is 15.6 Å². The minimum atomic E-state index is -2.54. The minimum absolute atomic E-state index is 0.00454. The van der Waals surface area contributed by atoms with Gasteiger partial charge in [0.25, 0.3) is 6.43 Å². The lowest BCUT2D eigenvalue weighted by Gasteiger charge is -2.45. The molecule has 3 heterocycles. The van der Waals surface area contributed by atoms with Crippen LogP contribution in [0.15, 0.2) is 36.7 Å². The van der Waals surface area contributed by atoms with Gasteiger partial charge in [-0.15, -0.1) is 0 Å². The maximum Gasteiger partial charge on any atom is 0.410 e. The molecule has 1 spiro atoms. The Morgan fingerprint density at radius 2 is 2.11 bits per heavy atom. The molecule has 0 atom stereocenters. The van der Waals surface area contributed by atoms with Gasteiger partial charge in [0.05, 0.1) is 18.8 Å². The molecule has 1 aliphatic heterocycles. The van der Waals surface area contributed by atoms with Crippen molar-refractivity contribution in [2.45, 2.75) is 64.6 Å². The number of carbonyl (C=O) groups is 1. The number of anilines is 1. The fourth-order valence-electron chi connectivity index (χ4n) is 5.49. The van der Waals surface area contributed by atoms with E-state index in [9.17, 15) is 18.8 Å². The summed E-state index contributed by atoms with van der Waals surface area (Å²) in [7, 11) is 0. The third kappa shape index (κ3) is 4.95. The number of ether oxygens (including phenoxy) is 1. The fraction of sp³-hybridized carbons (Fsp3) is 0.481. The summed E-state index contributed by atoms with van der Waals surface area (Å²) >= 11 is 0. The molecule has 2 N–H and O–H groups in total. The molecule has 1 aromatic carbocycles. The van der Waals surface area contributed by atoms with Crippen molar-refractivity contribution in [1.29, 1.82) is 5.26 Å². The molecule has 1 saturated heterocycles. The van der Waals surface area contributed by atoms with Gasteiger partial charge in [-0.05, 0) is 57.1 Å². The van der Waals surface area contributed by atoms with Gasteiger partial charge in [-0.1, -0.05) is 18.2 Å². The molecule has 11 heteroatoms. The molecule has 2 aromatic heterocycles. The quantitative estimate of drug-likeness (QED) is 0.495. The van der Waals surface area contributed by atoms with Crippen molar-refractivity contribution in [2.24, 2.45) is 5.41 Å². The highest BCUT2D eigenvalue weighted by Crippen LogP contribution is 2.54. The maximum atomic E-state index is 13.0. The van der Waals surface area contributed by atoms with Crippen LogP contribution < -0.4 is 5.73 Å². The second-order valence-electron chi connectivity index (χ2n) is 11.4. The summed E-state index contributed by atoms with van der Waals surface area (Å²) in [6, 6.07) is 8.41. The molecule has 2 aliphatic rings. The van der Waals surface area contributed by atoms with Crippen LogP contribution in [0.4, 0.5) is 19.4 Å². The third-order valence-corrected chi connectivity index (χ3v) is 7.29. The number of alkyl halides is 2. The van der Waals surface area contributed by atoms with Crippen LogP contribution >= 0.6 is 0 Å². The molecule has 2 fully saturated rings. The second kappa shape index (κ2) is 9.42. The molecular weight excluding hydrogens is 492 g/mol. The zero-order valence-corrected chi connectivity index (χ0v) is 21.7. The first-order valence-corrected chi connectivity index (χ1v) is 12.6. The number of likely N-dealkylation sites (tertiary alicyclic amines) is 1. The first kappa shape index (κ1) is 25.7. The van der Waals surface area contributed by atoms with E-state index < -0.39 is 12.0 Å². The van der Waals surface area contributed by atoms with Crippen LogP contribution in [-0.4, -0.2) is 49.2 Å². The average molecular weight is 524 g/mol. The van der Waals surface area contributed by atoms with Crippen molar-refractivity contribution in [2.75, 3.05) is 18.8 Å². The van der Waals surface area contributed by atoms with Crippen molar-refractivity contribution >= 4 is 11.9 Å². The summed E-state index contributed by atoms with van der Waals surface area (Å²) in [5.41, 5.74) is 7.85. The van der Waals surface area contributed by atoms with Gasteiger partial charge in [-0.25, -0.2) is 18.3 Å². The van der Waals surface area contributed by atoms with Crippen LogP contribution in [0.1, 0.15) is 69.2 Å². The lowest BCUT2D eigenvalue weighted by molar-refractivity contribution is 0.0188. The molecule has 200 valence electrons. The number of hydrogen-bond acceptors (Lipinski definition) is 6. The van der Waals surface area contributed by atoms with Crippen LogP contribution in [0.5, 0.6) is 0 Å². The Hall–Kier alpha value is -3.94. The van der Waals surface area contributed by atoms with Crippen molar-refractivity contribution in [3.05, 3.63) is 53.3 Å². The van der Waals surface area contributed by atoms with E-state index in [1.165, 1.54) is 12.1 Å². The Bertz CT molecular complexity index is 1390. The Kier molecular flexibility index (Phi) is 6.37. The third-order valence-electron chi connectivity index (χ3n) is 7.29. The predicted molar refractivity (Wildman–Crippen MR) is 136 cm³/mol. The molecule has 1 amide bonds. The average Bonchev–Trinajstić information content (AvgIpc) is 3.54. The number of carbonyl (C=O) groups excluding carboxylic acids is 1. The smallest absolute Gasteiger partial charge is 0.410 e. The number of nitriles is 1. The van der Waals surface area contributed by atoms with E-state index in [0.717, 1.165) is 19.3 Å². The molecule has 1 aliphatic carbocycles. The summed E-state index contributed by atoms with van der Waals surface area (Å²) < 4.78 is 35.0. The second-order valence-corrected chi connectivity index (χ2v) is 11.4.